The van der Waals surface area contributed by atoms with Crippen LogP contribution in [0.2, 0.25) is 0 Å². The fourth-order valence-corrected chi connectivity index (χ4v) is 3.51. The number of fused-ring (bicyclic) bond motifs is 1. The molecule has 1 aromatic heterocycles. The lowest BCUT2D eigenvalue weighted by atomic mass is 10.00. The van der Waals surface area contributed by atoms with E-state index in [1.54, 1.807) is 0 Å². The van der Waals surface area contributed by atoms with Crippen LogP contribution >= 0.6 is 0 Å². The van der Waals surface area contributed by atoms with Gasteiger partial charge in [-0.1, -0.05) is 30.3 Å². The Labute approximate surface area is 172 Å². The molecule has 4 rings (SSSR count). The van der Waals surface area contributed by atoms with Crippen molar-refractivity contribution in [2.24, 2.45) is 5.73 Å². The third-order valence-corrected chi connectivity index (χ3v) is 5.16. The third kappa shape index (κ3) is 4.41. The van der Waals surface area contributed by atoms with Gasteiger partial charge in [0.25, 0.3) is 0 Å². The SMILES string of the molecule is NC(=O)c1ccc(COc2coc(CN3CCc4ccccc4C3)cc2=O)c(F)c1. The molecule has 0 bridgehead atoms. The molecule has 2 aromatic carbocycles. The summed E-state index contributed by atoms with van der Waals surface area (Å²) in [5, 5.41) is 0. The summed E-state index contributed by atoms with van der Waals surface area (Å²) in [7, 11) is 0. The van der Waals surface area contributed by atoms with Crippen LogP contribution in [0.25, 0.3) is 0 Å². The quantitative estimate of drug-likeness (QED) is 0.678. The number of halogens is 1. The zero-order valence-electron chi connectivity index (χ0n) is 16.3. The molecule has 2 heterocycles. The maximum Gasteiger partial charge on any atom is 0.248 e. The van der Waals surface area contributed by atoms with Crippen LogP contribution in [0.4, 0.5) is 4.39 Å². The smallest absolute Gasteiger partial charge is 0.248 e. The summed E-state index contributed by atoms with van der Waals surface area (Å²) < 4.78 is 25.0. The second-order valence-electron chi connectivity index (χ2n) is 7.26. The molecule has 1 aliphatic heterocycles. The molecule has 2 N–H and O–H groups in total. The molecular weight excluding hydrogens is 387 g/mol. The van der Waals surface area contributed by atoms with Crippen molar-refractivity contribution in [3.05, 3.63) is 98.8 Å². The predicted molar refractivity (Wildman–Crippen MR) is 108 cm³/mol. The lowest BCUT2D eigenvalue weighted by molar-refractivity contribution is 0.0999. The highest BCUT2D eigenvalue weighted by Gasteiger charge is 2.17. The third-order valence-electron chi connectivity index (χ3n) is 5.16. The van der Waals surface area contributed by atoms with Crippen LogP contribution in [0.3, 0.4) is 0 Å². The molecule has 6 nitrogen and oxygen atoms in total. The maximum atomic E-state index is 14.0. The monoisotopic (exact) mass is 408 g/mol. The Hall–Kier alpha value is -3.45. The van der Waals surface area contributed by atoms with Crippen molar-refractivity contribution in [2.45, 2.75) is 26.1 Å². The number of amides is 1. The van der Waals surface area contributed by atoms with Gasteiger partial charge in [-0.15, -0.1) is 0 Å². The maximum absolute atomic E-state index is 14.0. The number of benzene rings is 2. The molecule has 1 amide bonds. The first-order valence-electron chi connectivity index (χ1n) is 9.61. The number of ether oxygens (including phenoxy) is 1. The molecule has 0 atom stereocenters. The molecule has 0 spiro atoms. The normalized spacial score (nSPS) is 13.6. The number of hydrogen-bond acceptors (Lipinski definition) is 5. The molecule has 1 aliphatic rings. The largest absolute Gasteiger partial charge is 0.482 e. The fraction of sp³-hybridized carbons (Fsp3) is 0.217. The van der Waals surface area contributed by atoms with Crippen LogP contribution in [0, 0.1) is 5.82 Å². The first-order valence-corrected chi connectivity index (χ1v) is 9.61. The van der Waals surface area contributed by atoms with Gasteiger partial charge < -0.3 is 14.9 Å². The van der Waals surface area contributed by atoms with Gasteiger partial charge in [-0.3, -0.25) is 14.5 Å². The van der Waals surface area contributed by atoms with Crippen LogP contribution in [0.5, 0.6) is 5.75 Å². The first-order chi connectivity index (χ1) is 14.5. The Morgan fingerprint density at radius 1 is 1.17 bits per heavy atom. The number of nitrogens with zero attached hydrogens (tertiary/aromatic N) is 1. The van der Waals surface area contributed by atoms with Gasteiger partial charge in [0.2, 0.25) is 17.1 Å². The van der Waals surface area contributed by atoms with Crippen molar-refractivity contribution in [1.29, 1.82) is 0 Å². The van der Waals surface area contributed by atoms with Crippen molar-refractivity contribution in [3.8, 4) is 5.75 Å². The zero-order chi connectivity index (χ0) is 21.1. The van der Waals surface area contributed by atoms with E-state index >= 15 is 0 Å². The number of carbonyl (C=O) groups is 1. The topological polar surface area (TPSA) is 85.8 Å². The summed E-state index contributed by atoms with van der Waals surface area (Å²) >= 11 is 0. The Bertz CT molecular complexity index is 1140. The molecule has 154 valence electrons. The molecule has 0 radical (unpaired) electrons. The van der Waals surface area contributed by atoms with E-state index < -0.39 is 11.7 Å². The van der Waals surface area contributed by atoms with Crippen molar-refractivity contribution >= 4 is 5.91 Å². The van der Waals surface area contributed by atoms with Gasteiger partial charge in [0.1, 0.15) is 24.4 Å². The number of hydrogen-bond donors (Lipinski definition) is 1. The van der Waals surface area contributed by atoms with Gasteiger partial charge >= 0.3 is 0 Å². The highest BCUT2D eigenvalue weighted by atomic mass is 19.1. The number of primary amides is 1. The van der Waals surface area contributed by atoms with Gasteiger partial charge in [-0.25, -0.2) is 4.39 Å². The van der Waals surface area contributed by atoms with E-state index in [2.05, 4.69) is 17.0 Å². The Morgan fingerprint density at radius 3 is 2.70 bits per heavy atom. The van der Waals surface area contributed by atoms with E-state index in [1.165, 1.54) is 35.6 Å². The summed E-state index contributed by atoms with van der Waals surface area (Å²) in [6, 6.07) is 13.6. The van der Waals surface area contributed by atoms with Crippen molar-refractivity contribution < 1.29 is 18.3 Å². The summed E-state index contributed by atoms with van der Waals surface area (Å²) in [5.74, 6) is -0.794. The molecule has 0 saturated heterocycles. The predicted octanol–water partition coefficient (Wildman–Crippen LogP) is 3.02. The average molecular weight is 408 g/mol. The Balaban J connectivity index is 1.39. The van der Waals surface area contributed by atoms with E-state index in [0.29, 0.717) is 12.3 Å². The lowest BCUT2D eigenvalue weighted by Gasteiger charge is -2.28. The summed E-state index contributed by atoms with van der Waals surface area (Å²) in [5.41, 5.74) is 7.72. The summed E-state index contributed by atoms with van der Waals surface area (Å²) in [6.07, 6.45) is 2.22. The van der Waals surface area contributed by atoms with Gasteiger partial charge in [0.05, 0.1) is 6.54 Å². The van der Waals surface area contributed by atoms with Crippen LogP contribution in [-0.4, -0.2) is 17.4 Å². The van der Waals surface area contributed by atoms with Crippen molar-refractivity contribution in [1.82, 2.24) is 4.90 Å². The lowest BCUT2D eigenvalue weighted by Crippen LogP contribution is -2.30. The van der Waals surface area contributed by atoms with Crippen LogP contribution in [0.15, 0.2) is 64.0 Å². The highest BCUT2D eigenvalue weighted by molar-refractivity contribution is 5.92. The molecular formula is C23H21FN2O4. The van der Waals surface area contributed by atoms with Gasteiger partial charge in [0, 0.05) is 30.3 Å². The second kappa shape index (κ2) is 8.51. The molecule has 30 heavy (non-hydrogen) atoms. The molecule has 3 aromatic rings. The number of rotatable bonds is 6. The van der Waals surface area contributed by atoms with E-state index in [0.717, 1.165) is 25.6 Å². The minimum absolute atomic E-state index is 0.00103. The number of carbonyl (C=O) groups excluding carboxylic acids is 1. The van der Waals surface area contributed by atoms with Crippen molar-refractivity contribution in [3.63, 3.8) is 0 Å². The fourth-order valence-electron chi connectivity index (χ4n) is 3.51. The number of nitrogens with two attached hydrogens (primary N) is 1. The molecule has 0 aliphatic carbocycles. The highest BCUT2D eigenvalue weighted by Crippen LogP contribution is 2.20. The minimum atomic E-state index is -0.713. The second-order valence-corrected chi connectivity index (χ2v) is 7.26. The van der Waals surface area contributed by atoms with Crippen molar-refractivity contribution in [2.75, 3.05) is 6.54 Å². The van der Waals surface area contributed by atoms with Gasteiger partial charge in [-0.2, -0.15) is 0 Å². The van der Waals surface area contributed by atoms with Crippen LogP contribution < -0.4 is 15.9 Å². The standard InChI is InChI=1S/C23H21FN2O4/c24-20-9-16(23(25)28)5-6-18(20)13-30-22-14-29-19(10-21(22)27)12-26-8-7-15-3-1-2-4-17(15)11-26/h1-6,9-10,14H,7-8,11-13H2,(H2,25,28). The van der Waals surface area contributed by atoms with Gasteiger partial charge in [-0.05, 0) is 29.7 Å². The van der Waals surface area contributed by atoms with Gasteiger partial charge in [0.15, 0.2) is 0 Å². The molecule has 0 unspecified atom stereocenters. The summed E-state index contributed by atoms with van der Waals surface area (Å²) in [6.45, 7) is 2.04. The van der Waals surface area contributed by atoms with E-state index in [9.17, 15) is 14.0 Å². The molecule has 0 fully saturated rings. The minimum Gasteiger partial charge on any atom is -0.482 e. The Morgan fingerprint density at radius 2 is 1.97 bits per heavy atom. The summed E-state index contributed by atoms with van der Waals surface area (Å²) in [4.78, 5) is 25.7. The first kappa shape index (κ1) is 19.8. The zero-order valence-corrected chi connectivity index (χ0v) is 16.3. The van der Waals surface area contributed by atoms with E-state index in [1.807, 2.05) is 12.1 Å². The van der Waals surface area contributed by atoms with Crippen LogP contribution in [-0.2, 0) is 26.1 Å². The molecule has 0 saturated carbocycles. The Kier molecular flexibility index (Phi) is 5.63. The average Bonchev–Trinajstić information content (AvgIpc) is 2.74. The molecule has 7 heteroatoms. The van der Waals surface area contributed by atoms with E-state index in [4.69, 9.17) is 14.9 Å². The van der Waals surface area contributed by atoms with Crippen LogP contribution in [0.1, 0.15) is 32.8 Å². The van der Waals surface area contributed by atoms with E-state index in [-0.39, 0.29) is 28.9 Å².